The van der Waals surface area contributed by atoms with Crippen molar-refractivity contribution in [1.82, 2.24) is 25.3 Å². The van der Waals surface area contributed by atoms with E-state index in [9.17, 15) is 4.79 Å². The fourth-order valence-corrected chi connectivity index (χ4v) is 2.34. The van der Waals surface area contributed by atoms with Crippen molar-refractivity contribution in [2.75, 3.05) is 50.2 Å². The van der Waals surface area contributed by atoms with Crippen LogP contribution in [0.5, 0.6) is 0 Å². The highest BCUT2D eigenvalue weighted by Gasteiger charge is 2.17. The second-order valence-electron chi connectivity index (χ2n) is 5.76. The number of nitrogens with zero attached hydrogens (tertiary/aromatic N) is 6. The van der Waals surface area contributed by atoms with Gasteiger partial charge in [0.1, 0.15) is 0 Å². The van der Waals surface area contributed by atoms with Crippen LogP contribution in [0.15, 0.2) is 24.5 Å². The molecule has 9 heteroatoms. The van der Waals surface area contributed by atoms with Gasteiger partial charge in [0.05, 0.1) is 19.8 Å². The van der Waals surface area contributed by atoms with Crippen LogP contribution < -0.4 is 15.1 Å². The molecule has 0 bridgehead atoms. The quantitative estimate of drug-likeness (QED) is 0.816. The van der Waals surface area contributed by atoms with Crippen LogP contribution in [0.1, 0.15) is 16.2 Å². The molecular weight excluding hydrogens is 322 g/mol. The summed E-state index contributed by atoms with van der Waals surface area (Å²) in [7, 11) is 3.75. The van der Waals surface area contributed by atoms with E-state index in [0.29, 0.717) is 36.5 Å². The highest BCUT2D eigenvalue weighted by molar-refractivity contribution is 5.93. The Kier molecular flexibility index (Phi) is 5.34. The molecule has 3 rings (SSSR count). The number of nitrogens with one attached hydrogen (secondary N) is 1. The molecule has 2 aromatic heterocycles. The zero-order valence-corrected chi connectivity index (χ0v) is 14.3. The summed E-state index contributed by atoms with van der Waals surface area (Å²) in [5.41, 5.74) is 0.547. The summed E-state index contributed by atoms with van der Waals surface area (Å²) in [6.45, 7) is 3.00. The Labute approximate surface area is 146 Å². The summed E-state index contributed by atoms with van der Waals surface area (Å²) < 4.78 is 5.37. The molecule has 2 aromatic rings. The molecule has 0 radical (unpaired) electrons. The van der Waals surface area contributed by atoms with Crippen LogP contribution in [-0.4, -0.2) is 66.2 Å². The number of amides is 1. The van der Waals surface area contributed by atoms with Gasteiger partial charge in [-0.05, 0) is 12.1 Å². The summed E-state index contributed by atoms with van der Waals surface area (Å²) in [4.78, 5) is 33.4. The highest BCUT2D eigenvalue weighted by Crippen LogP contribution is 2.14. The molecule has 0 aromatic carbocycles. The molecule has 1 aliphatic rings. The molecule has 9 nitrogen and oxygen atoms in total. The normalized spacial score (nSPS) is 14.2. The van der Waals surface area contributed by atoms with Gasteiger partial charge < -0.3 is 19.9 Å². The molecule has 0 aliphatic carbocycles. The summed E-state index contributed by atoms with van der Waals surface area (Å²) in [5.74, 6) is 1.49. The number of hydrogen-bond donors (Lipinski definition) is 1. The van der Waals surface area contributed by atoms with E-state index < -0.39 is 0 Å². The van der Waals surface area contributed by atoms with Gasteiger partial charge in [-0.1, -0.05) is 0 Å². The van der Waals surface area contributed by atoms with Crippen LogP contribution in [0.3, 0.4) is 0 Å². The lowest BCUT2D eigenvalue weighted by atomic mass is 10.2. The monoisotopic (exact) mass is 343 g/mol. The SMILES string of the molecule is CN(C)c1nc(CNC(=O)c2ccncc2)nc(N2CCOCC2)n1. The Morgan fingerprint density at radius 3 is 2.60 bits per heavy atom. The Hall–Kier alpha value is -2.81. The van der Waals surface area contributed by atoms with Gasteiger partial charge in [0, 0.05) is 45.1 Å². The van der Waals surface area contributed by atoms with E-state index in [4.69, 9.17) is 4.74 Å². The van der Waals surface area contributed by atoms with Gasteiger partial charge in [0.2, 0.25) is 11.9 Å². The number of anilines is 2. The molecular formula is C16H21N7O2. The largest absolute Gasteiger partial charge is 0.378 e. The van der Waals surface area contributed by atoms with E-state index in [2.05, 4.69) is 30.2 Å². The molecule has 0 unspecified atom stereocenters. The first-order chi connectivity index (χ1) is 12.1. The minimum absolute atomic E-state index is 0.192. The molecule has 1 N–H and O–H groups in total. The molecule has 1 fully saturated rings. The lowest BCUT2D eigenvalue weighted by molar-refractivity contribution is 0.0949. The molecule has 1 saturated heterocycles. The first-order valence-corrected chi connectivity index (χ1v) is 8.06. The first-order valence-electron chi connectivity index (χ1n) is 8.06. The van der Waals surface area contributed by atoms with Crippen LogP contribution >= 0.6 is 0 Å². The maximum absolute atomic E-state index is 12.2. The molecule has 0 spiro atoms. The number of carbonyl (C=O) groups is 1. The maximum atomic E-state index is 12.2. The average Bonchev–Trinajstić information content (AvgIpc) is 2.67. The highest BCUT2D eigenvalue weighted by atomic mass is 16.5. The van der Waals surface area contributed by atoms with Gasteiger partial charge in [0.15, 0.2) is 5.82 Å². The van der Waals surface area contributed by atoms with Crippen molar-refractivity contribution >= 4 is 17.8 Å². The number of rotatable bonds is 5. The maximum Gasteiger partial charge on any atom is 0.251 e. The molecule has 1 amide bonds. The van der Waals surface area contributed by atoms with Crippen molar-refractivity contribution in [1.29, 1.82) is 0 Å². The van der Waals surface area contributed by atoms with Gasteiger partial charge >= 0.3 is 0 Å². The Balaban J connectivity index is 1.75. The van der Waals surface area contributed by atoms with Gasteiger partial charge in [-0.2, -0.15) is 15.0 Å². The Morgan fingerprint density at radius 2 is 1.92 bits per heavy atom. The van der Waals surface area contributed by atoms with Crippen molar-refractivity contribution < 1.29 is 9.53 Å². The first kappa shape index (κ1) is 17.0. The number of pyridine rings is 1. The fourth-order valence-electron chi connectivity index (χ4n) is 2.34. The number of carbonyl (C=O) groups excluding carboxylic acids is 1. The molecule has 0 saturated carbocycles. The lowest BCUT2D eigenvalue weighted by Crippen LogP contribution is -2.38. The summed E-state index contributed by atoms with van der Waals surface area (Å²) in [6, 6.07) is 3.32. The number of morpholine rings is 1. The minimum atomic E-state index is -0.192. The lowest BCUT2D eigenvalue weighted by Gasteiger charge is -2.27. The zero-order valence-electron chi connectivity index (χ0n) is 14.3. The van der Waals surface area contributed by atoms with Gasteiger partial charge in [-0.25, -0.2) is 0 Å². The Bertz CT molecular complexity index is 718. The van der Waals surface area contributed by atoms with Crippen molar-refractivity contribution in [3.05, 3.63) is 35.9 Å². The molecule has 25 heavy (non-hydrogen) atoms. The van der Waals surface area contributed by atoms with Crippen LogP contribution in [0.25, 0.3) is 0 Å². The van der Waals surface area contributed by atoms with Crippen LogP contribution in [0.2, 0.25) is 0 Å². The van der Waals surface area contributed by atoms with Gasteiger partial charge in [0.25, 0.3) is 5.91 Å². The average molecular weight is 343 g/mol. The van der Waals surface area contributed by atoms with Crippen molar-refractivity contribution in [3.63, 3.8) is 0 Å². The standard InChI is InChI=1S/C16H21N7O2/c1-22(2)15-19-13(11-18-14(24)12-3-5-17-6-4-12)20-16(21-15)23-7-9-25-10-8-23/h3-6H,7-11H2,1-2H3,(H,18,24). The molecule has 132 valence electrons. The van der Waals surface area contributed by atoms with E-state index in [1.165, 1.54) is 0 Å². The van der Waals surface area contributed by atoms with E-state index in [0.717, 1.165) is 13.1 Å². The molecule has 0 atom stereocenters. The number of hydrogen-bond acceptors (Lipinski definition) is 8. The van der Waals surface area contributed by atoms with Gasteiger partial charge in [-0.15, -0.1) is 0 Å². The molecule has 3 heterocycles. The summed E-state index contributed by atoms with van der Waals surface area (Å²) >= 11 is 0. The van der Waals surface area contributed by atoms with Crippen molar-refractivity contribution in [2.45, 2.75) is 6.54 Å². The van der Waals surface area contributed by atoms with E-state index >= 15 is 0 Å². The zero-order chi connectivity index (χ0) is 17.6. The Morgan fingerprint density at radius 1 is 1.20 bits per heavy atom. The molecule has 1 aliphatic heterocycles. The smallest absolute Gasteiger partial charge is 0.251 e. The van der Waals surface area contributed by atoms with E-state index in [1.807, 2.05) is 19.0 Å². The second kappa shape index (κ2) is 7.84. The van der Waals surface area contributed by atoms with Crippen LogP contribution in [0.4, 0.5) is 11.9 Å². The van der Waals surface area contributed by atoms with Crippen molar-refractivity contribution in [2.24, 2.45) is 0 Å². The number of ether oxygens (including phenoxy) is 1. The topological polar surface area (TPSA) is 96.4 Å². The van der Waals surface area contributed by atoms with E-state index in [-0.39, 0.29) is 12.5 Å². The predicted molar refractivity (Wildman–Crippen MR) is 92.6 cm³/mol. The summed E-state index contributed by atoms with van der Waals surface area (Å²) in [6.07, 6.45) is 3.16. The van der Waals surface area contributed by atoms with Crippen LogP contribution in [-0.2, 0) is 11.3 Å². The van der Waals surface area contributed by atoms with Crippen LogP contribution in [0, 0.1) is 0 Å². The fraction of sp³-hybridized carbons (Fsp3) is 0.438. The third-order valence-corrected chi connectivity index (χ3v) is 3.70. The predicted octanol–water partition coefficient (Wildman–Crippen LogP) is 0.0992. The van der Waals surface area contributed by atoms with E-state index in [1.54, 1.807) is 24.5 Å². The van der Waals surface area contributed by atoms with Gasteiger partial charge in [-0.3, -0.25) is 9.78 Å². The summed E-state index contributed by atoms with van der Waals surface area (Å²) in [5, 5.41) is 2.83. The third kappa shape index (κ3) is 4.38. The van der Waals surface area contributed by atoms with Crippen molar-refractivity contribution in [3.8, 4) is 0 Å². The third-order valence-electron chi connectivity index (χ3n) is 3.70. The second-order valence-corrected chi connectivity index (χ2v) is 5.76. The minimum Gasteiger partial charge on any atom is -0.378 e. The number of aromatic nitrogens is 4.